The summed E-state index contributed by atoms with van der Waals surface area (Å²) in [5, 5.41) is 8.66. The van der Waals surface area contributed by atoms with Crippen LogP contribution in [0.15, 0.2) is 6.07 Å². The highest BCUT2D eigenvalue weighted by Crippen LogP contribution is 2.21. The molecule has 0 atom stereocenters. The van der Waals surface area contributed by atoms with Crippen LogP contribution in [0.2, 0.25) is 0 Å². The predicted octanol–water partition coefficient (Wildman–Crippen LogP) is 0.528. The van der Waals surface area contributed by atoms with Crippen LogP contribution in [0.1, 0.15) is 17.0 Å². The van der Waals surface area contributed by atoms with Crippen LogP contribution in [-0.4, -0.2) is 23.3 Å². The van der Waals surface area contributed by atoms with E-state index in [0.29, 0.717) is 6.54 Å². The summed E-state index contributed by atoms with van der Waals surface area (Å²) in [6, 6.07) is 1.84. The van der Waals surface area contributed by atoms with E-state index >= 15 is 0 Å². The normalized spacial score (nSPS) is 10.3. The minimum absolute atomic E-state index is 0.00439. The van der Waals surface area contributed by atoms with E-state index in [-0.39, 0.29) is 13.2 Å². The van der Waals surface area contributed by atoms with Crippen LogP contribution >= 0.6 is 0 Å². The first-order valence-electron chi connectivity index (χ1n) is 4.60. The summed E-state index contributed by atoms with van der Waals surface area (Å²) in [4.78, 5) is 4.29. The molecule has 0 aliphatic heterocycles. The maximum absolute atomic E-state index is 8.66. The Kier molecular flexibility index (Phi) is 3.85. The summed E-state index contributed by atoms with van der Waals surface area (Å²) in [7, 11) is 0. The molecule has 78 valence electrons. The Morgan fingerprint density at radius 3 is 2.79 bits per heavy atom. The molecule has 0 bridgehead atoms. The van der Waals surface area contributed by atoms with Crippen molar-refractivity contribution in [1.82, 2.24) is 4.98 Å². The minimum atomic E-state index is 0.00439. The standard InChI is InChI=1S/C10H16N2O2/c1-7-5-10(14-4-3-13)9(6-11)8(2)12-7/h5,13H,3-4,6,11H2,1-2H3. The molecule has 0 saturated heterocycles. The van der Waals surface area contributed by atoms with Crippen molar-refractivity contribution >= 4 is 0 Å². The Bertz CT molecular complexity index is 313. The van der Waals surface area contributed by atoms with Gasteiger partial charge in [0.2, 0.25) is 0 Å². The number of pyridine rings is 1. The molecule has 0 aliphatic rings. The van der Waals surface area contributed by atoms with Crippen molar-refractivity contribution in [2.45, 2.75) is 20.4 Å². The zero-order valence-electron chi connectivity index (χ0n) is 8.58. The third-order valence-electron chi connectivity index (χ3n) is 1.97. The molecule has 0 aliphatic carbocycles. The number of ether oxygens (including phenoxy) is 1. The Hall–Kier alpha value is -1.13. The number of nitrogens with two attached hydrogens (primary N) is 1. The Labute approximate surface area is 83.7 Å². The first kappa shape index (κ1) is 10.9. The van der Waals surface area contributed by atoms with Gasteiger partial charge in [-0.2, -0.15) is 0 Å². The monoisotopic (exact) mass is 196 g/mol. The highest BCUT2D eigenvalue weighted by molar-refractivity contribution is 5.37. The van der Waals surface area contributed by atoms with Gasteiger partial charge in [0.05, 0.1) is 6.61 Å². The summed E-state index contributed by atoms with van der Waals surface area (Å²) in [6.07, 6.45) is 0. The van der Waals surface area contributed by atoms with Crippen molar-refractivity contribution in [2.75, 3.05) is 13.2 Å². The molecule has 0 aromatic carbocycles. The summed E-state index contributed by atoms with van der Waals surface area (Å²) in [6.45, 7) is 4.50. The van der Waals surface area contributed by atoms with Crippen molar-refractivity contribution in [3.63, 3.8) is 0 Å². The molecule has 4 heteroatoms. The van der Waals surface area contributed by atoms with Crippen molar-refractivity contribution in [2.24, 2.45) is 5.73 Å². The summed E-state index contributed by atoms with van der Waals surface area (Å²) in [5.41, 5.74) is 8.28. The molecule has 3 N–H and O–H groups in total. The van der Waals surface area contributed by atoms with Gasteiger partial charge in [-0.25, -0.2) is 0 Å². The van der Waals surface area contributed by atoms with E-state index in [9.17, 15) is 0 Å². The van der Waals surface area contributed by atoms with Crippen molar-refractivity contribution in [3.05, 3.63) is 23.0 Å². The number of rotatable bonds is 4. The molecular formula is C10H16N2O2. The van der Waals surface area contributed by atoms with Crippen LogP contribution in [0.25, 0.3) is 0 Å². The van der Waals surface area contributed by atoms with E-state index in [1.54, 1.807) is 0 Å². The molecule has 1 aromatic rings. The molecule has 1 heterocycles. The maximum atomic E-state index is 8.66. The molecule has 0 unspecified atom stereocenters. The lowest BCUT2D eigenvalue weighted by Gasteiger charge is -2.12. The molecule has 1 aromatic heterocycles. The summed E-state index contributed by atoms with van der Waals surface area (Å²) in [5.74, 6) is 0.728. The number of aliphatic hydroxyl groups excluding tert-OH is 1. The van der Waals surface area contributed by atoms with Crippen LogP contribution in [-0.2, 0) is 6.54 Å². The Balaban J connectivity index is 2.99. The van der Waals surface area contributed by atoms with Gasteiger partial charge in [0.25, 0.3) is 0 Å². The smallest absolute Gasteiger partial charge is 0.127 e. The van der Waals surface area contributed by atoms with Gasteiger partial charge < -0.3 is 15.6 Å². The summed E-state index contributed by atoms with van der Waals surface area (Å²) >= 11 is 0. The number of aliphatic hydroxyl groups is 1. The van der Waals surface area contributed by atoms with Crippen molar-refractivity contribution in [3.8, 4) is 5.75 Å². The van der Waals surface area contributed by atoms with Gasteiger partial charge in [-0.05, 0) is 13.8 Å². The second kappa shape index (κ2) is 4.93. The fourth-order valence-corrected chi connectivity index (χ4v) is 1.35. The lowest BCUT2D eigenvalue weighted by atomic mass is 10.1. The summed E-state index contributed by atoms with van der Waals surface area (Å²) < 4.78 is 5.37. The highest BCUT2D eigenvalue weighted by atomic mass is 16.5. The van der Waals surface area contributed by atoms with Gasteiger partial charge in [0, 0.05) is 29.6 Å². The van der Waals surface area contributed by atoms with E-state index in [2.05, 4.69) is 4.98 Å². The molecule has 0 saturated carbocycles. The topological polar surface area (TPSA) is 68.4 Å². The second-order valence-corrected chi connectivity index (χ2v) is 3.10. The van der Waals surface area contributed by atoms with Gasteiger partial charge in [-0.1, -0.05) is 0 Å². The molecule has 14 heavy (non-hydrogen) atoms. The van der Waals surface area contributed by atoms with E-state index in [0.717, 1.165) is 22.7 Å². The molecule has 0 amide bonds. The molecule has 1 rings (SSSR count). The number of hydrogen-bond donors (Lipinski definition) is 2. The van der Waals surface area contributed by atoms with E-state index in [1.807, 2.05) is 19.9 Å². The van der Waals surface area contributed by atoms with Gasteiger partial charge in [-0.3, -0.25) is 4.98 Å². The highest BCUT2D eigenvalue weighted by Gasteiger charge is 2.07. The third-order valence-corrected chi connectivity index (χ3v) is 1.97. The van der Waals surface area contributed by atoms with E-state index in [1.165, 1.54) is 0 Å². The molecular weight excluding hydrogens is 180 g/mol. The quantitative estimate of drug-likeness (QED) is 0.737. The minimum Gasteiger partial charge on any atom is -0.491 e. The van der Waals surface area contributed by atoms with Crippen LogP contribution < -0.4 is 10.5 Å². The van der Waals surface area contributed by atoms with Gasteiger partial charge in [0.15, 0.2) is 0 Å². The second-order valence-electron chi connectivity index (χ2n) is 3.10. The Morgan fingerprint density at radius 2 is 2.21 bits per heavy atom. The van der Waals surface area contributed by atoms with Crippen LogP contribution in [0.4, 0.5) is 0 Å². The largest absolute Gasteiger partial charge is 0.491 e. The first-order valence-corrected chi connectivity index (χ1v) is 4.60. The van der Waals surface area contributed by atoms with Crippen LogP contribution in [0.5, 0.6) is 5.75 Å². The van der Waals surface area contributed by atoms with Gasteiger partial charge in [-0.15, -0.1) is 0 Å². The maximum Gasteiger partial charge on any atom is 0.127 e. The van der Waals surface area contributed by atoms with Gasteiger partial charge >= 0.3 is 0 Å². The zero-order chi connectivity index (χ0) is 10.6. The van der Waals surface area contributed by atoms with Crippen LogP contribution in [0.3, 0.4) is 0 Å². The lowest BCUT2D eigenvalue weighted by molar-refractivity contribution is 0.200. The average Bonchev–Trinajstić information content (AvgIpc) is 2.14. The van der Waals surface area contributed by atoms with Gasteiger partial charge in [0.1, 0.15) is 12.4 Å². The predicted molar refractivity (Wildman–Crippen MR) is 54.2 cm³/mol. The number of nitrogens with zero attached hydrogens (tertiary/aromatic N) is 1. The van der Waals surface area contributed by atoms with E-state index in [4.69, 9.17) is 15.6 Å². The number of aryl methyl sites for hydroxylation is 2. The Morgan fingerprint density at radius 1 is 1.50 bits per heavy atom. The number of aromatic nitrogens is 1. The molecule has 0 fully saturated rings. The SMILES string of the molecule is Cc1cc(OCCO)c(CN)c(C)n1. The fourth-order valence-electron chi connectivity index (χ4n) is 1.35. The van der Waals surface area contributed by atoms with Crippen molar-refractivity contribution < 1.29 is 9.84 Å². The molecule has 4 nitrogen and oxygen atoms in total. The van der Waals surface area contributed by atoms with Crippen LogP contribution in [0, 0.1) is 13.8 Å². The van der Waals surface area contributed by atoms with E-state index < -0.39 is 0 Å². The lowest BCUT2D eigenvalue weighted by Crippen LogP contribution is -2.09. The molecule has 0 radical (unpaired) electrons. The number of hydrogen-bond acceptors (Lipinski definition) is 4. The average molecular weight is 196 g/mol. The zero-order valence-corrected chi connectivity index (χ0v) is 8.58. The molecule has 0 spiro atoms. The van der Waals surface area contributed by atoms with Crippen molar-refractivity contribution in [1.29, 1.82) is 0 Å². The first-order chi connectivity index (χ1) is 6.69. The fraction of sp³-hybridized carbons (Fsp3) is 0.500. The third kappa shape index (κ3) is 2.43.